The fraction of sp³-hybridized carbons (Fsp3) is 0.562. The van der Waals surface area contributed by atoms with E-state index >= 15 is 0 Å². The van der Waals surface area contributed by atoms with Gasteiger partial charge in [0, 0.05) is 5.56 Å². The highest BCUT2D eigenvalue weighted by Crippen LogP contribution is 2.38. The van der Waals surface area contributed by atoms with Crippen molar-refractivity contribution in [2.75, 3.05) is 21.3 Å². The third kappa shape index (κ3) is 3.44. The van der Waals surface area contributed by atoms with Gasteiger partial charge in [0.2, 0.25) is 5.75 Å². The van der Waals surface area contributed by atoms with Crippen LogP contribution in [0.15, 0.2) is 12.1 Å². The minimum absolute atomic E-state index is 0.208. The van der Waals surface area contributed by atoms with Crippen molar-refractivity contribution in [2.24, 2.45) is 0 Å². The number of carbonyl (C=O) groups excluding carboxylic acids is 1. The van der Waals surface area contributed by atoms with Crippen molar-refractivity contribution in [1.29, 1.82) is 0 Å². The van der Waals surface area contributed by atoms with Gasteiger partial charge in [-0.1, -0.05) is 12.8 Å². The van der Waals surface area contributed by atoms with Crippen molar-refractivity contribution in [3.63, 3.8) is 0 Å². The Kier molecular flexibility index (Phi) is 5.49. The average molecular weight is 309 g/mol. The number of amides is 1. The van der Waals surface area contributed by atoms with E-state index in [0.29, 0.717) is 22.8 Å². The van der Waals surface area contributed by atoms with Gasteiger partial charge in [-0.2, -0.15) is 0 Å². The molecule has 1 saturated carbocycles. The number of rotatable bonds is 5. The number of aliphatic hydroxyl groups excluding tert-OH is 1. The van der Waals surface area contributed by atoms with E-state index in [-0.39, 0.29) is 11.9 Å². The Balaban J connectivity index is 2.21. The molecule has 0 bridgehead atoms. The highest BCUT2D eigenvalue weighted by molar-refractivity contribution is 5.95. The van der Waals surface area contributed by atoms with E-state index in [1.165, 1.54) is 21.3 Å². The normalized spacial score (nSPS) is 21.1. The van der Waals surface area contributed by atoms with Gasteiger partial charge < -0.3 is 24.6 Å². The van der Waals surface area contributed by atoms with Gasteiger partial charge in [0.25, 0.3) is 5.91 Å². The second-order valence-corrected chi connectivity index (χ2v) is 5.35. The van der Waals surface area contributed by atoms with E-state index in [1.54, 1.807) is 12.1 Å². The van der Waals surface area contributed by atoms with Crippen LogP contribution in [0.3, 0.4) is 0 Å². The van der Waals surface area contributed by atoms with Crippen LogP contribution in [-0.2, 0) is 0 Å². The van der Waals surface area contributed by atoms with Crippen molar-refractivity contribution in [2.45, 2.75) is 37.8 Å². The van der Waals surface area contributed by atoms with Gasteiger partial charge in [0.05, 0.1) is 33.5 Å². The van der Waals surface area contributed by atoms with E-state index in [0.717, 1.165) is 25.7 Å². The van der Waals surface area contributed by atoms with Crippen LogP contribution < -0.4 is 19.5 Å². The summed E-state index contributed by atoms with van der Waals surface area (Å²) in [5.41, 5.74) is 0.410. The molecule has 2 atom stereocenters. The molecule has 122 valence electrons. The lowest BCUT2D eigenvalue weighted by atomic mass is 9.92. The van der Waals surface area contributed by atoms with Crippen molar-refractivity contribution in [3.05, 3.63) is 17.7 Å². The minimum atomic E-state index is -0.486. The van der Waals surface area contributed by atoms with Crippen molar-refractivity contribution < 1.29 is 24.1 Å². The van der Waals surface area contributed by atoms with Crippen LogP contribution in [0.25, 0.3) is 0 Å². The summed E-state index contributed by atoms with van der Waals surface area (Å²) < 4.78 is 15.7. The molecule has 6 nitrogen and oxygen atoms in total. The number of methoxy groups -OCH3 is 3. The fourth-order valence-corrected chi connectivity index (χ4v) is 2.74. The fourth-order valence-electron chi connectivity index (χ4n) is 2.74. The van der Waals surface area contributed by atoms with Gasteiger partial charge in [-0.15, -0.1) is 0 Å². The molecule has 1 aliphatic rings. The maximum absolute atomic E-state index is 12.4. The van der Waals surface area contributed by atoms with Gasteiger partial charge in [-0.25, -0.2) is 0 Å². The molecule has 2 N–H and O–H groups in total. The van der Waals surface area contributed by atoms with Crippen molar-refractivity contribution in [1.82, 2.24) is 5.32 Å². The molecule has 0 heterocycles. The van der Waals surface area contributed by atoms with E-state index in [2.05, 4.69) is 5.32 Å². The Hall–Kier alpha value is -1.95. The van der Waals surface area contributed by atoms with E-state index < -0.39 is 6.10 Å². The molecular formula is C16H23NO5. The van der Waals surface area contributed by atoms with Gasteiger partial charge in [-0.3, -0.25) is 4.79 Å². The molecule has 0 aliphatic heterocycles. The smallest absolute Gasteiger partial charge is 0.251 e. The lowest BCUT2D eigenvalue weighted by Crippen LogP contribution is -2.45. The predicted molar refractivity (Wildman–Crippen MR) is 81.8 cm³/mol. The first kappa shape index (κ1) is 16.4. The molecule has 1 amide bonds. The number of ether oxygens (including phenoxy) is 3. The lowest BCUT2D eigenvalue weighted by molar-refractivity contribution is 0.0717. The van der Waals surface area contributed by atoms with Gasteiger partial charge in [0.1, 0.15) is 0 Å². The second kappa shape index (κ2) is 7.35. The third-order valence-electron chi connectivity index (χ3n) is 3.97. The number of benzene rings is 1. The number of hydrogen-bond acceptors (Lipinski definition) is 5. The zero-order chi connectivity index (χ0) is 16.1. The summed E-state index contributed by atoms with van der Waals surface area (Å²) in [6.07, 6.45) is 3.03. The summed E-state index contributed by atoms with van der Waals surface area (Å²) in [4.78, 5) is 12.4. The minimum Gasteiger partial charge on any atom is -0.493 e. The molecule has 1 fully saturated rings. The van der Waals surface area contributed by atoms with E-state index in [4.69, 9.17) is 14.2 Å². The average Bonchev–Trinajstić information content (AvgIpc) is 2.55. The third-order valence-corrected chi connectivity index (χ3v) is 3.97. The summed E-state index contributed by atoms with van der Waals surface area (Å²) in [5, 5.41) is 12.8. The van der Waals surface area contributed by atoms with Gasteiger partial charge in [-0.05, 0) is 25.0 Å². The van der Waals surface area contributed by atoms with Crippen LogP contribution in [0.4, 0.5) is 0 Å². The first-order valence-electron chi connectivity index (χ1n) is 7.39. The highest BCUT2D eigenvalue weighted by Gasteiger charge is 2.26. The Morgan fingerprint density at radius 3 is 2.18 bits per heavy atom. The molecule has 0 radical (unpaired) electrons. The van der Waals surface area contributed by atoms with E-state index in [9.17, 15) is 9.90 Å². The van der Waals surface area contributed by atoms with E-state index in [1.807, 2.05) is 0 Å². The summed E-state index contributed by atoms with van der Waals surface area (Å²) >= 11 is 0. The van der Waals surface area contributed by atoms with Gasteiger partial charge in [0.15, 0.2) is 11.5 Å². The predicted octanol–water partition coefficient (Wildman–Crippen LogP) is 1.75. The number of aliphatic hydroxyl groups is 1. The summed E-state index contributed by atoms with van der Waals surface area (Å²) in [6.45, 7) is 0. The van der Waals surface area contributed by atoms with Gasteiger partial charge >= 0.3 is 0 Å². The van der Waals surface area contributed by atoms with Crippen LogP contribution in [0.2, 0.25) is 0 Å². The number of carbonyl (C=O) groups is 1. The molecule has 0 spiro atoms. The first-order chi connectivity index (χ1) is 10.6. The first-order valence-corrected chi connectivity index (χ1v) is 7.39. The summed E-state index contributed by atoms with van der Waals surface area (Å²) in [5.74, 6) is 1.04. The lowest BCUT2D eigenvalue weighted by Gasteiger charge is -2.28. The number of nitrogens with one attached hydrogen (secondary N) is 1. The van der Waals surface area contributed by atoms with Crippen LogP contribution in [0.5, 0.6) is 17.2 Å². The molecule has 0 aromatic heterocycles. The Morgan fingerprint density at radius 1 is 1.09 bits per heavy atom. The number of hydrogen-bond donors (Lipinski definition) is 2. The zero-order valence-electron chi connectivity index (χ0n) is 13.2. The Labute approximate surface area is 130 Å². The zero-order valence-corrected chi connectivity index (χ0v) is 13.2. The van der Waals surface area contributed by atoms with Crippen molar-refractivity contribution in [3.8, 4) is 17.2 Å². The SMILES string of the molecule is COc1cc(C(=O)N[C@@H]2CCCC[C@H]2O)cc(OC)c1OC. The van der Waals surface area contributed by atoms with Crippen LogP contribution in [-0.4, -0.2) is 44.5 Å². The molecule has 22 heavy (non-hydrogen) atoms. The van der Waals surface area contributed by atoms with Crippen LogP contribution in [0, 0.1) is 0 Å². The molecule has 2 rings (SSSR count). The second-order valence-electron chi connectivity index (χ2n) is 5.35. The topological polar surface area (TPSA) is 77.0 Å². The largest absolute Gasteiger partial charge is 0.493 e. The molecule has 1 aromatic carbocycles. The van der Waals surface area contributed by atoms with Crippen molar-refractivity contribution >= 4 is 5.91 Å². The maximum Gasteiger partial charge on any atom is 0.251 e. The molecule has 6 heteroatoms. The molecule has 1 aromatic rings. The quantitative estimate of drug-likeness (QED) is 0.866. The maximum atomic E-state index is 12.4. The Morgan fingerprint density at radius 2 is 1.68 bits per heavy atom. The highest BCUT2D eigenvalue weighted by atomic mass is 16.5. The molecule has 0 unspecified atom stereocenters. The molecule has 0 saturated heterocycles. The Bertz CT molecular complexity index is 506. The molecular weight excluding hydrogens is 286 g/mol. The summed E-state index contributed by atoms with van der Waals surface area (Å²) in [6, 6.07) is 3.00. The summed E-state index contributed by atoms with van der Waals surface area (Å²) in [7, 11) is 4.52. The standard InChI is InChI=1S/C16H23NO5/c1-20-13-8-10(9-14(21-2)15(13)22-3)16(19)17-11-6-4-5-7-12(11)18/h8-9,11-12,18H,4-7H2,1-3H3,(H,17,19)/t11-,12-/m1/s1. The molecule has 1 aliphatic carbocycles. The van der Waals surface area contributed by atoms with Crippen LogP contribution in [0.1, 0.15) is 36.0 Å². The monoisotopic (exact) mass is 309 g/mol. The van der Waals surface area contributed by atoms with Crippen LogP contribution >= 0.6 is 0 Å².